The summed E-state index contributed by atoms with van der Waals surface area (Å²) in [6, 6.07) is 6.80. The monoisotopic (exact) mass is 243 g/mol. The highest BCUT2D eigenvalue weighted by Crippen LogP contribution is 2.10. The van der Waals surface area contributed by atoms with Gasteiger partial charge in [0.05, 0.1) is 11.3 Å². The molecule has 0 bridgehead atoms. The first-order chi connectivity index (χ1) is 8.66. The summed E-state index contributed by atoms with van der Waals surface area (Å²) in [5.41, 5.74) is 1.98. The molecule has 2 N–H and O–H groups in total. The Balaban J connectivity index is 2.09. The van der Waals surface area contributed by atoms with Gasteiger partial charge in [0.1, 0.15) is 5.82 Å². The number of carboxylic acid groups (broad SMARTS) is 1. The van der Waals surface area contributed by atoms with Crippen LogP contribution in [0.15, 0.2) is 36.7 Å². The summed E-state index contributed by atoms with van der Waals surface area (Å²) >= 11 is 0. The molecule has 0 saturated heterocycles. The molecule has 18 heavy (non-hydrogen) atoms. The second kappa shape index (κ2) is 5.27. The van der Waals surface area contributed by atoms with Gasteiger partial charge in [-0.15, -0.1) is 0 Å². The maximum atomic E-state index is 10.8. The van der Waals surface area contributed by atoms with Gasteiger partial charge in [-0.1, -0.05) is 12.1 Å². The van der Waals surface area contributed by atoms with E-state index < -0.39 is 5.97 Å². The fourth-order valence-electron chi connectivity index (χ4n) is 1.58. The molecular formula is C13H13N3O2. The van der Waals surface area contributed by atoms with Crippen LogP contribution >= 0.6 is 0 Å². The molecule has 0 spiro atoms. The Morgan fingerprint density at radius 3 is 2.83 bits per heavy atom. The van der Waals surface area contributed by atoms with Gasteiger partial charge >= 0.3 is 5.97 Å². The van der Waals surface area contributed by atoms with Crippen LogP contribution in [0.1, 0.15) is 21.6 Å². The second-order valence-corrected chi connectivity index (χ2v) is 3.85. The summed E-state index contributed by atoms with van der Waals surface area (Å²) in [5, 5.41) is 12.0. The van der Waals surface area contributed by atoms with E-state index in [0.29, 0.717) is 12.4 Å². The van der Waals surface area contributed by atoms with E-state index in [1.165, 1.54) is 0 Å². The number of hydrogen-bond acceptors (Lipinski definition) is 4. The van der Waals surface area contributed by atoms with E-state index in [1.54, 1.807) is 30.6 Å². The zero-order valence-electron chi connectivity index (χ0n) is 9.92. The van der Waals surface area contributed by atoms with Crippen LogP contribution in [0.3, 0.4) is 0 Å². The first-order valence-electron chi connectivity index (χ1n) is 5.50. The van der Waals surface area contributed by atoms with Gasteiger partial charge in [-0.2, -0.15) is 0 Å². The zero-order chi connectivity index (χ0) is 13.0. The second-order valence-electron chi connectivity index (χ2n) is 3.85. The molecule has 0 saturated carbocycles. The molecule has 5 nitrogen and oxygen atoms in total. The molecule has 2 rings (SSSR count). The molecule has 0 atom stereocenters. The molecule has 1 aromatic carbocycles. The van der Waals surface area contributed by atoms with Gasteiger partial charge in [0.25, 0.3) is 0 Å². The third-order valence-electron chi connectivity index (χ3n) is 2.52. The van der Waals surface area contributed by atoms with Crippen LogP contribution in [-0.4, -0.2) is 21.0 Å². The van der Waals surface area contributed by atoms with Crippen LogP contribution in [0.5, 0.6) is 0 Å². The maximum Gasteiger partial charge on any atom is 0.335 e. The predicted molar refractivity (Wildman–Crippen MR) is 67.5 cm³/mol. The molecule has 1 aromatic heterocycles. The number of aromatic carboxylic acids is 1. The SMILES string of the molecule is Cc1nccnc1NCc1cccc(C(=O)O)c1. The standard InChI is InChI=1S/C13H13N3O2/c1-9-12(15-6-5-14-9)16-8-10-3-2-4-11(7-10)13(17)18/h2-7H,8H2,1H3,(H,15,16)(H,17,18). The Hall–Kier alpha value is -2.43. The summed E-state index contributed by atoms with van der Waals surface area (Å²) in [6.45, 7) is 2.38. The summed E-state index contributed by atoms with van der Waals surface area (Å²) in [4.78, 5) is 19.1. The van der Waals surface area contributed by atoms with Crippen molar-refractivity contribution >= 4 is 11.8 Å². The molecule has 92 valence electrons. The summed E-state index contributed by atoms with van der Waals surface area (Å²) in [7, 11) is 0. The highest BCUT2D eigenvalue weighted by atomic mass is 16.4. The molecule has 0 amide bonds. The van der Waals surface area contributed by atoms with Gasteiger partial charge in [-0.3, -0.25) is 4.98 Å². The van der Waals surface area contributed by atoms with Crippen molar-refractivity contribution in [3.05, 3.63) is 53.5 Å². The Morgan fingerprint density at radius 1 is 1.33 bits per heavy atom. The van der Waals surface area contributed by atoms with Crippen molar-refractivity contribution in [2.24, 2.45) is 0 Å². The van der Waals surface area contributed by atoms with E-state index >= 15 is 0 Å². The lowest BCUT2D eigenvalue weighted by Crippen LogP contribution is -2.05. The van der Waals surface area contributed by atoms with E-state index in [9.17, 15) is 4.79 Å². The normalized spacial score (nSPS) is 10.1. The number of aryl methyl sites for hydroxylation is 1. The number of carbonyl (C=O) groups is 1. The Kier molecular flexibility index (Phi) is 3.52. The molecule has 0 aliphatic heterocycles. The third-order valence-corrected chi connectivity index (χ3v) is 2.52. The van der Waals surface area contributed by atoms with E-state index in [-0.39, 0.29) is 5.56 Å². The fourth-order valence-corrected chi connectivity index (χ4v) is 1.58. The van der Waals surface area contributed by atoms with Crippen LogP contribution in [-0.2, 0) is 6.54 Å². The average molecular weight is 243 g/mol. The summed E-state index contributed by atoms with van der Waals surface area (Å²) < 4.78 is 0. The number of rotatable bonds is 4. The van der Waals surface area contributed by atoms with Crippen molar-refractivity contribution in [3.63, 3.8) is 0 Å². The lowest BCUT2D eigenvalue weighted by Gasteiger charge is -2.07. The lowest BCUT2D eigenvalue weighted by molar-refractivity contribution is 0.0697. The van der Waals surface area contributed by atoms with Gasteiger partial charge in [0.2, 0.25) is 0 Å². The van der Waals surface area contributed by atoms with Crippen molar-refractivity contribution in [2.45, 2.75) is 13.5 Å². The van der Waals surface area contributed by atoms with Crippen LogP contribution in [0, 0.1) is 6.92 Å². The molecule has 1 heterocycles. The Bertz CT molecular complexity index is 570. The topological polar surface area (TPSA) is 75.1 Å². The van der Waals surface area contributed by atoms with Gasteiger partial charge < -0.3 is 10.4 Å². The number of aromatic nitrogens is 2. The van der Waals surface area contributed by atoms with Gasteiger partial charge in [-0.25, -0.2) is 9.78 Å². The van der Waals surface area contributed by atoms with E-state index in [2.05, 4.69) is 15.3 Å². The maximum absolute atomic E-state index is 10.8. The van der Waals surface area contributed by atoms with Crippen molar-refractivity contribution in [3.8, 4) is 0 Å². The highest BCUT2D eigenvalue weighted by Gasteiger charge is 2.04. The minimum atomic E-state index is -0.924. The van der Waals surface area contributed by atoms with Crippen molar-refractivity contribution in [2.75, 3.05) is 5.32 Å². The third kappa shape index (κ3) is 2.82. The quantitative estimate of drug-likeness (QED) is 0.860. The van der Waals surface area contributed by atoms with Gasteiger partial charge in [-0.05, 0) is 24.6 Å². The molecule has 0 unspecified atom stereocenters. The minimum absolute atomic E-state index is 0.283. The highest BCUT2D eigenvalue weighted by molar-refractivity contribution is 5.87. The minimum Gasteiger partial charge on any atom is -0.478 e. The number of hydrogen-bond donors (Lipinski definition) is 2. The molecule has 0 radical (unpaired) electrons. The number of nitrogens with zero attached hydrogens (tertiary/aromatic N) is 2. The summed E-state index contributed by atoms with van der Waals surface area (Å²) in [5.74, 6) is -0.217. The Labute approximate surface area is 105 Å². The first-order valence-corrected chi connectivity index (χ1v) is 5.50. The van der Waals surface area contributed by atoms with Crippen LogP contribution in [0.2, 0.25) is 0 Å². The molecule has 2 aromatic rings. The predicted octanol–water partition coefficient (Wildman–Crippen LogP) is 2.10. The average Bonchev–Trinajstić information content (AvgIpc) is 2.38. The van der Waals surface area contributed by atoms with Crippen molar-refractivity contribution < 1.29 is 9.90 Å². The van der Waals surface area contributed by atoms with Crippen LogP contribution < -0.4 is 5.32 Å². The van der Waals surface area contributed by atoms with E-state index in [0.717, 1.165) is 11.3 Å². The van der Waals surface area contributed by atoms with E-state index in [1.807, 2.05) is 13.0 Å². The van der Waals surface area contributed by atoms with Crippen molar-refractivity contribution in [1.82, 2.24) is 9.97 Å². The van der Waals surface area contributed by atoms with Crippen LogP contribution in [0.25, 0.3) is 0 Å². The molecule has 0 aliphatic carbocycles. The van der Waals surface area contributed by atoms with Gasteiger partial charge in [0, 0.05) is 18.9 Å². The van der Waals surface area contributed by atoms with Crippen LogP contribution in [0.4, 0.5) is 5.82 Å². The summed E-state index contributed by atoms with van der Waals surface area (Å²) in [6.07, 6.45) is 3.24. The molecular weight excluding hydrogens is 230 g/mol. The van der Waals surface area contributed by atoms with Crippen molar-refractivity contribution in [1.29, 1.82) is 0 Å². The van der Waals surface area contributed by atoms with Gasteiger partial charge in [0.15, 0.2) is 0 Å². The largest absolute Gasteiger partial charge is 0.478 e. The number of benzene rings is 1. The zero-order valence-corrected chi connectivity index (χ0v) is 9.92. The first kappa shape index (κ1) is 12.0. The number of nitrogens with one attached hydrogen (secondary N) is 1. The fraction of sp³-hybridized carbons (Fsp3) is 0.154. The molecule has 0 aliphatic rings. The number of carboxylic acids is 1. The number of anilines is 1. The lowest BCUT2D eigenvalue weighted by atomic mass is 10.1. The molecule has 5 heteroatoms. The Morgan fingerprint density at radius 2 is 2.11 bits per heavy atom. The molecule has 0 fully saturated rings. The smallest absolute Gasteiger partial charge is 0.335 e. The van der Waals surface area contributed by atoms with E-state index in [4.69, 9.17) is 5.11 Å².